The van der Waals surface area contributed by atoms with Crippen molar-refractivity contribution in [2.75, 3.05) is 5.73 Å². The molecule has 0 saturated carbocycles. The van der Waals surface area contributed by atoms with E-state index in [-0.39, 0.29) is 11.6 Å². The fourth-order valence-corrected chi connectivity index (χ4v) is 1.64. The van der Waals surface area contributed by atoms with E-state index in [9.17, 15) is 4.79 Å². The Labute approximate surface area is 101 Å². The van der Waals surface area contributed by atoms with Crippen molar-refractivity contribution < 1.29 is 0 Å². The second-order valence-electron chi connectivity index (χ2n) is 3.20. The fraction of sp³-hybridized carbons (Fsp3) is 0.111. The van der Waals surface area contributed by atoms with Gasteiger partial charge in [-0.05, 0) is 18.2 Å². The molecule has 0 aliphatic heterocycles. The third-order valence-electron chi connectivity index (χ3n) is 2.11. The van der Waals surface area contributed by atoms with E-state index < -0.39 is 0 Å². The van der Waals surface area contributed by atoms with E-state index in [0.717, 1.165) is 4.68 Å². The van der Waals surface area contributed by atoms with E-state index in [1.807, 2.05) is 0 Å². The topological polar surface area (TPSA) is 65.8 Å². The smallest absolute Gasteiger partial charge is 0.351 e. The molecule has 0 atom stereocenters. The van der Waals surface area contributed by atoms with Gasteiger partial charge in [0, 0.05) is 7.05 Å². The second-order valence-corrected chi connectivity index (χ2v) is 4.01. The Balaban J connectivity index is 2.68. The Bertz CT molecular complexity index is 602. The van der Waals surface area contributed by atoms with E-state index >= 15 is 0 Å². The van der Waals surface area contributed by atoms with Crippen molar-refractivity contribution >= 4 is 29.2 Å². The molecule has 7 heteroatoms. The van der Waals surface area contributed by atoms with Gasteiger partial charge in [0.25, 0.3) is 0 Å². The minimum atomic E-state index is -0.337. The Morgan fingerprint density at radius 1 is 1.31 bits per heavy atom. The van der Waals surface area contributed by atoms with Crippen LogP contribution in [0, 0.1) is 0 Å². The fourth-order valence-electron chi connectivity index (χ4n) is 1.35. The largest absolute Gasteiger partial charge is 0.368 e. The maximum Gasteiger partial charge on any atom is 0.351 e. The van der Waals surface area contributed by atoms with Gasteiger partial charge in [-0.15, -0.1) is 5.10 Å². The highest BCUT2D eigenvalue weighted by molar-refractivity contribution is 6.42. The van der Waals surface area contributed by atoms with Gasteiger partial charge in [0.15, 0.2) is 0 Å². The van der Waals surface area contributed by atoms with E-state index in [4.69, 9.17) is 28.9 Å². The van der Waals surface area contributed by atoms with Gasteiger partial charge in [0.1, 0.15) is 0 Å². The van der Waals surface area contributed by atoms with Crippen LogP contribution in [0.25, 0.3) is 5.69 Å². The van der Waals surface area contributed by atoms with Crippen molar-refractivity contribution in [3.8, 4) is 5.69 Å². The molecule has 0 amide bonds. The van der Waals surface area contributed by atoms with Crippen molar-refractivity contribution in [2.24, 2.45) is 7.05 Å². The summed E-state index contributed by atoms with van der Waals surface area (Å²) >= 11 is 11.6. The highest BCUT2D eigenvalue weighted by Gasteiger charge is 2.11. The molecule has 2 N–H and O–H groups in total. The predicted octanol–water partition coefficient (Wildman–Crippen LogP) is 1.46. The number of nitrogens with zero attached hydrogens (tertiary/aromatic N) is 3. The summed E-state index contributed by atoms with van der Waals surface area (Å²) in [6, 6.07) is 4.80. The number of aryl methyl sites for hydroxylation is 1. The third-order valence-corrected chi connectivity index (χ3v) is 2.85. The molecule has 0 unspecified atom stereocenters. The SMILES string of the molecule is Cn1nc(N)n(-c2ccc(Cl)c(Cl)c2)c1=O. The van der Waals surface area contributed by atoms with Crippen LogP contribution in [0.5, 0.6) is 0 Å². The first kappa shape index (κ1) is 11.0. The molecule has 1 aromatic carbocycles. The monoisotopic (exact) mass is 258 g/mol. The maximum atomic E-state index is 11.7. The highest BCUT2D eigenvalue weighted by Crippen LogP contribution is 2.24. The quantitative estimate of drug-likeness (QED) is 0.843. The summed E-state index contributed by atoms with van der Waals surface area (Å²) in [5.74, 6) is 0.103. The Kier molecular flexibility index (Phi) is 2.65. The molecule has 0 aliphatic carbocycles. The lowest BCUT2D eigenvalue weighted by Crippen LogP contribution is -2.21. The zero-order valence-electron chi connectivity index (χ0n) is 8.32. The highest BCUT2D eigenvalue weighted by atomic mass is 35.5. The second kappa shape index (κ2) is 3.84. The number of benzene rings is 1. The van der Waals surface area contributed by atoms with Crippen LogP contribution in [0.2, 0.25) is 10.0 Å². The average molecular weight is 259 g/mol. The van der Waals surface area contributed by atoms with Crippen LogP contribution in [0.1, 0.15) is 0 Å². The average Bonchev–Trinajstić information content (AvgIpc) is 2.47. The van der Waals surface area contributed by atoms with Crippen molar-refractivity contribution in [3.05, 3.63) is 38.7 Å². The van der Waals surface area contributed by atoms with Crippen LogP contribution in [0.15, 0.2) is 23.0 Å². The zero-order chi connectivity index (χ0) is 11.9. The Hall–Kier alpha value is -1.46. The number of anilines is 1. The lowest BCUT2D eigenvalue weighted by Gasteiger charge is -2.03. The van der Waals surface area contributed by atoms with Crippen molar-refractivity contribution in [1.29, 1.82) is 0 Å². The van der Waals surface area contributed by atoms with Gasteiger partial charge in [-0.1, -0.05) is 23.2 Å². The lowest BCUT2D eigenvalue weighted by molar-refractivity contribution is 0.727. The van der Waals surface area contributed by atoms with Crippen LogP contribution >= 0.6 is 23.2 Å². The third kappa shape index (κ3) is 1.68. The molecule has 0 saturated heterocycles. The van der Waals surface area contributed by atoms with Gasteiger partial charge in [-0.3, -0.25) is 0 Å². The van der Waals surface area contributed by atoms with E-state index in [0.29, 0.717) is 15.7 Å². The van der Waals surface area contributed by atoms with Crippen LogP contribution in [-0.2, 0) is 7.05 Å². The first-order valence-electron chi connectivity index (χ1n) is 4.37. The molecule has 0 radical (unpaired) electrons. The summed E-state index contributed by atoms with van der Waals surface area (Å²) in [5, 5.41) is 4.58. The van der Waals surface area contributed by atoms with Crippen molar-refractivity contribution in [3.63, 3.8) is 0 Å². The molecule has 84 valence electrons. The number of rotatable bonds is 1. The predicted molar refractivity (Wildman–Crippen MR) is 63.2 cm³/mol. The zero-order valence-corrected chi connectivity index (χ0v) is 9.83. The van der Waals surface area contributed by atoms with Crippen LogP contribution in [-0.4, -0.2) is 14.3 Å². The number of halogens is 2. The van der Waals surface area contributed by atoms with Gasteiger partial charge in [-0.2, -0.15) is 0 Å². The minimum absolute atomic E-state index is 0.103. The molecular weight excluding hydrogens is 251 g/mol. The standard InChI is InChI=1S/C9H8Cl2N4O/c1-14-9(16)15(8(12)13-14)5-2-3-6(10)7(11)4-5/h2-4H,1H3,(H2,12,13). The normalized spacial score (nSPS) is 10.7. The molecule has 1 heterocycles. The summed E-state index contributed by atoms with van der Waals surface area (Å²) in [6.07, 6.45) is 0. The first-order chi connectivity index (χ1) is 7.50. The summed E-state index contributed by atoms with van der Waals surface area (Å²) in [6.45, 7) is 0. The van der Waals surface area contributed by atoms with Gasteiger partial charge in [0.05, 0.1) is 15.7 Å². The van der Waals surface area contributed by atoms with Crippen LogP contribution < -0.4 is 11.4 Å². The van der Waals surface area contributed by atoms with Crippen molar-refractivity contribution in [2.45, 2.75) is 0 Å². The van der Waals surface area contributed by atoms with E-state index in [1.165, 1.54) is 11.6 Å². The summed E-state index contributed by atoms with van der Waals surface area (Å²) in [4.78, 5) is 11.7. The Morgan fingerprint density at radius 2 is 2.00 bits per heavy atom. The van der Waals surface area contributed by atoms with Crippen molar-refractivity contribution in [1.82, 2.24) is 14.3 Å². The Morgan fingerprint density at radius 3 is 2.50 bits per heavy atom. The van der Waals surface area contributed by atoms with Gasteiger partial charge >= 0.3 is 5.69 Å². The number of hydrogen-bond donors (Lipinski definition) is 1. The minimum Gasteiger partial charge on any atom is -0.368 e. The first-order valence-corrected chi connectivity index (χ1v) is 5.13. The molecular formula is C9H8Cl2N4O. The molecule has 2 rings (SSSR count). The maximum absolute atomic E-state index is 11.7. The number of aromatic nitrogens is 3. The lowest BCUT2D eigenvalue weighted by atomic mass is 10.3. The molecule has 1 aromatic heterocycles. The number of hydrogen-bond acceptors (Lipinski definition) is 3. The van der Waals surface area contributed by atoms with Gasteiger partial charge in [-0.25, -0.2) is 14.0 Å². The summed E-state index contributed by atoms with van der Waals surface area (Å²) < 4.78 is 2.40. The van der Waals surface area contributed by atoms with Crippen LogP contribution in [0.4, 0.5) is 5.95 Å². The van der Waals surface area contributed by atoms with E-state index in [1.54, 1.807) is 18.2 Å². The summed E-state index contributed by atoms with van der Waals surface area (Å²) in [7, 11) is 1.52. The van der Waals surface area contributed by atoms with Gasteiger partial charge < -0.3 is 5.73 Å². The summed E-state index contributed by atoms with van der Waals surface area (Å²) in [5.41, 5.74) is 5.81. The number of nitrogens with two attached hydrogens (primary N) is 1. The molecule has 0 bridgehead atoms. The molecule has 0 aliphatic rings. The molecule has 16 heavy (non-hydrogen) atoms. The molecule has 0 spiro atoms. The van der Waals surface area contributed by atoms with Crippen LogP contribution in [0.3, 0.4) is 0 Å². The molecule has 0 fully saturated rings. The molecule has 5 nitrogen and oxygen atoms in total. The van der Waals surface area contributed by atoms with Gasteiger partial charge in [0.2, 0.25) is 5.95 Å². The molecule has 2 aromatic rings. The van der Waals surface area contributed by atoms with E-state index in [2.05, 4.69) is 5.10 Å². The number of nitrogen functional groups attached to an aromatic ring is 1.